The fourth-order valence-corrected chi connectivity index (χ4v) is 4.26. The Morgan fingerprint density at radius 3 is 1.97 bits per heavy atom. The molecular weight excluding hydrogens is 452 g/mol. The second kappa shape index (κ2) is 12.0. The molecule has 1 aliphatic heterocycles. The highest BCUT2D eigenvalue weighted by molar-refractivity contribution is 5.93. The number of benzene rings is 2. The summed E-state index contributed by atoms with van der Waals surface area (Å²) in [5.74, 6) is -0.543. The third-order valence-electron chi connectivity index (χ3n) is 6.62. The van der Waals surface area contributed by atoms with Gasteiger partial charge in [-0.05, 0) is 36.9 Å². The molecule has 0 unspecified atom stereocenters. The molecule has 0 spiro atoms. The fraction of sp³-hybridized carbons (Fsp3) is 0.414. The summed E-state index contributed by atoms with van der Waals surface area (Å²) in [4.78, 5) is 41.9. The molecule has 192 valence electrons. The minimum Gasteiger partial charge on any atom is -0.342 e. The molecule has 2 N–H and O–H groups in total. The lowest BCUT2D eigenvalue weighted by Crippen LogP contribution is -2.58. The van der Waals surface area contributed by atoms with Crippen LogP contribution in [-0.4, -0.2) is 59.7 Å². The molecule has 2 aromatic rings. The molecular formula is C29H38N4O3. The minimum absolute atomic E-state index is 0.0549. The largest absolute Gasteiger partial charge is 0.342 e. The Morgan fingerprint density at radius 1 is 0.944 bits per heavy atom. The second-order valence-corrected chi connectivity index (χ2v) is 10.3. The average Bonchev–Trinajstić information content (AvgIpc) is 2.87. The number of nitrogens with zero attached hydrogens (tertiary/aromatic N) is 2. The summed E-state index contributed by atoms with van der Waals surface area (Å²) >= 11 is 0. The summed E-state index contributed by atoms with van der Waals surface area (Å²) in [5.41, 5.74) is 1.88. The Labute approximate surface area is 214 Å². The SMILES string of the molecule is CN[C@@H](C)C(=O)N[C@H](C(=O)N1C=CN(CCC(c2ccccc2)c2ccccc2)C(=O)C1)C(C)(C)C. The first-order valence-electron chi connectivity index (χ1n) is 12.5. The van der Waals surface area contributed by atoms with Crippen LogP contribution in [0.1, 0.15) is 51.2 Å². The Morgan fingerprint density at radius 2 is 1.50 bits per heavy atom. The van der Waals surface area contributed by atoms with Gasteiger partial charge in [-0.1, -0.05) is 81.4 Å². The maximum atomic E-state index is 13.3. The quantitative estimate of drug-likeness (QED) is 0.564. The molecule has 0 radical (unpaired) electrons. The minimum atomic E-state index is -0.759. The van der Waals surface area contributed by atoms with Gasteiger partial charge in [0.1, 0.15) is 12.6 Å². The number of nitrogens with one attached hydrogen (secondary N) is 2. The van der Waals surface area contributed by atoms with Crippen molar-refractivity contribution in [1.82, 2.24) is 20.4 Å². The Balaban J connectivity index is 1.71. The summed E-state index contributed by atoms with van der Waals surface area (Å²) in [5, 5.41) is 5.74. The van der Waals surface area contributed by atoms with Gasteiger partial charge in [-0.2, -0.15) is 0 Å². The van der Waals surface area contributed by atoms with E-state index in [-0.39, 0.29) is 30.2 Å². The molecule has 2 aromatic carbocycles. The van der Waals surface area contributed by atoms with E-state index in [0.717, 1.165) is 6.42 Å². The number of carbonyl (C=O) groups is 3. The van der Waals surface area contributed by atoms with Crippen LogP contribution in [0.15, 0.2) is 73.1 Å². The topological polar surface area (TPSA) is 81.8 Å². The molecule has 0 bridgehead atoms. The lowest BCUT2D eigenvalue weighted by molar-refractivity contribution is -0.142. The molecule has 3 amide bonds. The van der Waals surface area contributed by atoms with Gasteiger partial charge in [0.15, 0.2) is 0 Å². The van der Waals surface area contributed by atoms with Crippen molar-refractivity contribution in [1.29, 1.82) is 0 Å². The maximum absolute atomic E-state index is 13.3. The van der Waals surface area contributed by atoms with Crippen LogP contribution in [0.4, 0.5) is 0 Å². The van der Waals surface area contributed by atoms with E-state index in [1.165, 1.54) is 16.0 Å². The summed E-state index contributed by atoms with van der Waals surface area (Å²) < 4.78 is 0. The Bertz CT molecular complexity index is 1020. The molecule has 2 atom stereocenters. The molecule has 36 heavy (non-hydrogen) atoms. The van der Waals surface area contributed by atoms with Gasteiger partial charge < -0.3 is 20.4 Å². The summed E-state index contributed by atoms with van der Waals surface area (Å²) in [6.45, 7) is 7.91. The van der Waals surface area contributed by atoms with E-state index in [9.17, 15) is 14.4 Å². The molecule has 0 fully saturated rings. The zero-order chi connectivity index (χ0) is 26.3. The smallest absolute Gasteiger partial charge is 0.250 e. The number of likely N-dealkylation sites (N-methyl/N-ethyl adjacent to an activating group) is 1. The number of hydrogen-bond donors (Lipinski definition) is 2. The highest BCUT2D eigenvalue weighted by atomic mass is 16.2. The van der Waals surface area contributed by atoms with Crippen LogP contribution in [0.25, 0.3) is 0 Å². The molecule has 0 aromatic heterocycles. The molecule has 7 heteroatoms. The van der Waals surface area contributed by atoms with Crippen molar-refractivity contribution in [3.8, 4) is 0 Å². The van der Waals surface area contributed by atoms with Gasteiger partial charge in [0.25, 0.3) is 0 Å². The highest BCUT2D eigenvalue weighted by Gasteiger charge is 2.37. The summed E-state index contributed by atoms with van der Waals surface area (Å²) in [6, 6.07) is 19.4. The first-order valence-corrected chi connectivity index (χ1v) is 12.5. The molecule has 0 saturated heterocycles. The zero-order valence-corrected chi connectivity index (χ0v) is 21.9. The summed E-state index contributed by atoms with van der Waals surface area (Å²) in [7, 11) is 1.69. The van der Waals surface area contributed by atoms with Gasteiger partial charge in [0, 0.05) is 24.9 Å². The monoisotopic (exact) mass is 490 g/mol. The fourth-order valence-electron chi connectivity index (χ4n) is 4.26. The third-order valence-corrected chi connectivity index (χ3v) is 6.62. The van der Waals surface area contributed by atoms with Crippen molar-refractivity contribution < 1.29 is 14.4 Å². The van der Waals surface area contributed by atoms with E-state index < -0.39 is 17.5 Å². The number of carbonyl (C=O) groups excluding carboxylic acids is 3. The van der Waals surface area contributed by atoms with Crippen LogP contribution < -0.4 is 10.6 Å². The van der Waals surface area contributed by atoms with Crippen LogP contribution in [0.3, 0.4) is 0 Å². The van der Waals surface area contributed by atoms with E-state index in [4.69, 9.17) is 0 Å². The second-order valence-electron chi connectivity index (χ2n) is 10.3. The number of rotatable bonds is 9. The van der Waals surface area contributed by atoms with Crippen molar-refractivity contribution in [2.75, 3.05) is 20.1 Å². The van der Waals surface area contributed by atoms with Crippen LogP contribution in [0.5, 0.6) is 0 Å². The molecule has 0 saturated carbocycles. The van der Waals surface area contributed by atoms with Gasteiger partial charge >= 0.3 is 0 Å². The van der Waals surface area contributed by atoms with E-state index >= 15 is 0 Å². The van der Waals surface area contributed by atoms with Gasteiger partial charge in [0.2, 0.25) is 17.7 Å². The summed E-state index contributed by atoms with van der Waals surface area (Å²) in [6.07, 6.45) is 4.07. The molecule has 7 nitrogen and oxygen atoms in total. The lowest BCUT2D eigenvalue weighted by atomic mass is 9.85. The van der Waals surface area contributed by atoms with Crippen molar-refractivity contribution in [3.05, 3.63) is 84.2 Å². The van der Waals surface area contributed by atoms with Gasteiger partial charge in [-0.15, -0.1) is 0 Å². The van der Waals surface area contributed by atoms with E-state index in [1.807, 2.05) is 57.2 Å². The maximum Gasteiger partial charge on any atom is 0.250 e. The normalized spacial score (nSPS) is 15.7. The Hall–Kier alpha value is -3.45. The molecule has 0 aliphatic carbocycles. The van der Waals surface area contributed by atoms with E-state index in [1.54, 1.807) is 31.3 Å². The van der Waals surface area contributed by atoms with E-state index in [0.29, 0.717) is 6.54 Å². The molecule has 3 rings (SSSR count). The highest BCUT2D eigenvalue weighted by Crippen LogP contribution is 2.29. The first kappa shape index (κ1) is 27.1. The van der Waals surface area contributed by atoms with Crippen LogP contribution >= 0.6 is 0 Å². The van der Waals surface area contributed by atoms with Gasteiger partial charge in [-0.25, -0.2) is 0 Å². The molecule has 1 aliphatic rings. The van der Waals surface area contributed by atoms with Crippen molar-refractivity contribution >= 4 is 17.7 Å². The standard InChI is InChI=1S/C29H38N4O3/c1-21(30-5)27(35)31-26(29(2,3)4)28(36)33-19-18-32(25(34)20-33)17-16-24(22-12-8-6-9-13-22)23-14-10-7-11-15-23/h6-15,18-19,21,24,26,30H,16-17,20H2,1-5H3,(H,31,35)/t21-,26+/m0/s1. The number of hydrogen-bond acceptors (Lipinski definition) is 4. The van der Waals surface area contributed by atoms with E-state index in [2.05, 4.69) is 34.9 Å². The third kappa shape index (κ3) is 6.82. The average molecular weight is 491 g/mol. The van der Waals surface area contributed by atoms with Crippen LogP contribution in [0.2, 0.25) is 0 Å². The van der Waals surface area contributed by atoms with Crippen molar-refractivity contribution in [2.24, 2.45) is 5.41 Å². The van der Waals surface area contributed by atoms with Gasteiger partial charge in [-0.3, -0.25) is 14.4 Å². The molecule has 1 heterocycles. The van der Waals surface area contributed by atoms with Crippen molar-refractivity contribution in [2.45, 2.75) is 52.1 Å². The van der Waals surface area contributed by atoms with Crippen LogP contribution in [-0.2, 0) is 14.4 Å². The van der Waals surface area contributed by atoms with Crippen LogP contribution in [0, 0.1) is 5.41 Å². The lowest BCUT2D eigenvalue weighted by Gasteiger charge is -2.36. The first-order chi connectivity index (χ1) is 17.1. The predicted octanol–water partition coefficient (Wildman–Crippen LogP) is 3.49. The predicted molar refractivity (Wildman–Crippen MR) is 142 cm³/mol. The number of amides is 3. The van der Waals surface area contributed by atoms with Gasteiger partial charge in [0.05, 0.1) is 6.04 Å². The zero-order valence-electron chi connectivity index (χ0n) is 21.9. The Kier molecular flexibility index (Phi) is 9.04. The van der Waals surface area contributed by atoms with Crippen molar-refractivity contribution in [3.63, 3.8) is 0 Å².